The van der Waals surface area contributed by atoms with Gasteiger partial charge in [0, 0.05) is 26.1 Å². The lowest BCUT2D eigenvalue weighted by Gasteiger charge is -2.15. The van der Waals surface area contributed by atoms with E-state index in [1.807, 2.05) is 7.05 Å². The topological polar surface area (TPSA) is 42.7 Å². The number of nitrogens with zero attached hydrogens (tertiary/aromatic N) is 3. The van der Waals surface area contributed by atoms with Crippen molar-refractivity contribution in [2.24, 2.45) is 7.05 Å². The predicted octanol–water partition coefficient (Wildman–Crippen LogP) is 2.33. The van der Waals surface area contributed by atoms with E-state index in [9.17, 15) is 0 Å². The van der Waals surface area contributed by atoms with Gasteiger partial charge in [0.2, 0.25) is 0 Å². The van der Waals surface area contributed by atoms with Crippen LogP contribution in [0, 0.1) is 13.8 Å². The minimum Gasteiger partial charge on any atom is -0.310 e. The summed E-state index contributed by atoms with van der Waals surface area (Å²) in [6.45, 7) is 7.38. The molecule has 1 aromatic heterocycles. The summed E-state index contributed by atoms with van der Waals surface area (Å²) >= 11 is 0. The summed E-state index contributed by atoms with van der Waals surface area (Å²) in [7, 11) is 1.89. The lowest BCUT2D eigenvalue weighted by molar-refractivity contribution is 0.568. The van der Waals surface area contributed by atoms with E-state index in [1.54, 1.807) is 11.0 Å². The Hall–Kier alpha value is -1.68. The van der Waals surface area contributed by atoms with E-state index in [2.05, 4.69) is 54.4 Å². The normalized spacial score (nSPS) is 12.6. The summed E-state index contributed by atoms with van der Waals surface area (Å²) in [5, 5.41) is 7.79. The summed E-state index contributed by atoms with van der Waals surface area (Å²) in [4.78, 5) is 4.22. The SMILES string of the molecule is Cc1ccc(C(C)NCCc2ncn(C)n2)cc1C. The maximum absolute atomic E-state index is 4.27. The molecule has 1 heterocycles. The number of aromatic nitrogens is 3. The van der Waals surface area contributed by atoms with Crippen molar-refractivity contribution in [3.63, 3.8) is 0 Å². The average Bonchev–Trinajstić information content (AvgIpc) is 2.78. The molecule has 0 spiro atoms. The third-order valence-electron chi connectivity index (χ3n) is 3.48. The van der Waals surface area contributed by atoms with E-state index in [0.717, 1.165) is 18.8 Å². The largest absolute Gasteiger partial charge is 0.310 e. The molecule has 0 saturated carbocycles. The van der Waals surface area contributed by atoms with Gasteiger partial charge in [0.05, 0.1) is 0 Å². The zero-order chi connectivity index (χ0) is 13.8. The Bertz CT molecular complexity index is 545. The van der Waals surface area contributed by atoms with Gasteiger partial charge < -0.3 is 5.32 Å². The first kappa shape index (κ1) is 13.7. The van der Waals surface area contributed by atoms with Crippen molar-refractivity contribution in [2.75, 3.05) is 6.54 Å². The molecule has 2 aromatic rings. The lowest BCUT2D eigenvalue weighted by Crippen LogP contribution is -2.21. The first-order valence-electron chi connectivity index (χ1n) is 6.71. The quantitative estimate of drug-likeness (QED) is 0.895. The van der Waals surface area contributed by atoms with Crippen molar-refractivity contribution >= 4 is 0 Å². The molecule has 1 aromatic carbocycles. The molecule has 1 N–H and O–H groups in total. The molecule has 102 valence electrons. The zero-order valence-electron chi connectivity index (χ0n) is 12.1. The molecule has 0 radical (unpaired) electrons. The summed E-state index contributed by atoms with van der Waals surface area (Å²) in [6.07, 6.45) is 2.60. The molecule has 2 rings (SSSR count). The molecule has 0 bridgehead atoms. The van der Waals surface area contributed by atoms with Crippen molar-refractivity contribution in [2.45, 2.75) is 33.2 Å². The summed E-state index contributed by atoms with van der Waals surface area (Å²) < 4.78 is 1.74. The number of hydrogen-bond acceptors (Lipinski definition) is 3. The van der Waals surface area contributed by atoms with Gasteiger partial charge in [0.15, 0.2) is 5.82 Å². The maximum Gasteiger partial charge on any atom is 0.151 e. The van der Waals surface area contributed by atoms with Crippen LogP contribution in [0.4, 0.5) is 0 Å². The summed E-state index contributed by atoms with van der Waals surface area (Å²) in [5.74, 6) is 0.891. The molecular weight excluding hydrogens is 236 g/mol. The number of rotatable bonds is 5. The van der Waals surface area contributed by atoms with Crippen molar-refractivity contribution in [3.8, 4) is 0 Å². The average molecular weight is 258 g/mol. The first-order valence-corrected chi connectivity index (χ1v) is 6.71. The summed E-state index contributed by atoms with van der Waals surface area (Å²) in [5.41, 5.74) is 4.02. The van der Waals surface area contributed by atoms with Gasteiger partial charge in [-0.1, -0.05) is 18.2 Å². The molecule has 1 atom stereocenters. The van der Waals surface area contributed by atoms with Crippen molar-refractivity contribution in [1.29, 1.82) is 0 Å². The molecule has 0 amide bonds. The van der Waals surface area contributed by atoms with E-state index in [4.69, 9.17) is 0 Å². The number of hydrogen-bond donors (Lipinski definition) is 1. The Morgan fingerprint density at radius 1 is 1.26 bits per heavy atom. The Labute approximate surface area is 114 Å². The van der Waals surface area contributed by atoms with Gasteiger partial charge in [-0.3, -0.25) is 4.68 Å². The molecule has 4 nitrogen and oxygen atoms in total. The third kappa shape index (κ3) is 3.64. The first-order chi connectivity index (χ1) is 9.06. The maximum atomic E-state index is 4.27. The molecule has 19 heavy (non-hydrogen) atoms. The fourth-order valence-corrected chi connectivity index (χ4v) is 2.05. The Morgan fingerprint density at radius 2 is 2.05 bits per heavy atom. The Balaban J connectivity index is 1.86. The van der Waals surface area contributed by atoms with Crippen LogP contribution in [0.1, 0.15) is 35.5 Å². The van der Waals surface area contributed by atoms with Crippen molar-refractivity contribution in [1.82, 2.24) is 20.1 Å². The lowest BCUT2D eigenvalue weighted by atomic mass is 10.0. The zero-order valence-corrected chi connectivity index (χ0v) is 12.1. The van der Waals surface area contributed by atoms with Gasteiger partial charge in [-0.15, -0.1) is 0 Å². The highest BCUT2D eigenvalue weighted by Crippen LogP contribution is 2.16. The predicted molar refractivity (Wildman–Crippen MR) is 77.0 cm³/mol. The second kappa shape index (κ2) is 5.97. The molecule has 0 aliphatic heterocycles. The van der Waals surface area contributed by atoms with E-state index < -0.39 is 0 Å². The second-order valence-electron chi connectivity index (χ2n) is 5.10. The van der Waals surface area contributed by atoms with Crippen LogP contribution >= 0.6 is 0 Å². The van der Waals surface area contributed by atoms with E-state index in [0.29, 0.717) is 6.04 Å². The molecule has 4 heteroatoms. The van der Waals surface area contributed by atoms with Crippen molar-refractivity contribution in [3.05, 3.63) is 47.0 Å². The smallest absolute Gasteiger partial charge is 0.151 e. The standard InChI is InChI=1S/C15H22N4/c1-11-5-6-14(9-12(11)2)13(3)16-8-7-15-17-10-19(4)18-15/h5-6,9-10,13,16H,7-8H2,1-4H3. The van der Waals surface area contributed by atoms with E-state index in [-0.39, 0.29) is 0 Å². The van der Waals surface area contributed by atoms with Gasteiger partial charge in [-0.05, 0) is 37.5 Å². The number of aryl methyl sites for hydroxylation is 3. The minimum atomic E-state index is 0.350. The highest BCUT2D eigenvalue weighted by molar-refractivity contribution is 5.31. The van der Waals surface area contributed by atoms with E-state index >= 15 is 0 Å². The minimum absolute atomic E-state index is 0.350. The van der Waals surface area contributed by atoms with Gasteiger partial charge in [-0.2, -0.15) is 5.10 Å². The molecule has 0 fully saturated rings. The second-order valence-corrected chi connectivity index (χ2v) is 5.10. The van der Waals surface area contributed by atoms with Crippen LogP contribution in [-0.4, -0.2) is 21.3 Å². The molecule has 0 aliphatic carbocycles. The van der Waals surface area contributed by atoms with Gasteiger partial charge in [0.25, 0.3) is 0 Å². The van der Waals surface area contributed by atoms with Crippen LogP contribution in [0.25, 0.3) is 0 Å². The highest BCUT2D eigenvalue weighted by atomic mass is 15.3. The highest BCUT2D eigenvalue weighted by Gasteiger charge is 2.06. The Morgan fingerprint density at radius 3 is 2.68 bits per heavy atom. The van der Waals surface area contributed by atoms with Crippen LogP contribution in [0.5, 0.6) is 0 Å². The van der Waals surface area contributed by atoms with Gasteiger partial charge >= 0.3 is 0 Å². The van der Waals surface area contributed by atoms with Gasteiger partial charge in [-0.25, -0.2) is 4.98 Å². The third-order valence-corrected chi connectivity index (χ3v) is 3.48. The van der Waals surface area contributed by atoms with E-state index in [1.165, 1.54) is 16.7 Å². The molecular formula is C15H22N4. The number of nitrogens with one attached hydrogen (secondary N) is 1. The number of benzene rings is 1. The van der Waals surface area contributed by atoms with Crippen LogP contribution < -0.4 is 5.32 Å². The monoisotopic (exact) mass is 258 g/mol. The van der Waals surface area contributed by atoms with Crippen molar-refractivity contribution < 1.29 is 0 Å². The van der Waals surface area contributed by atoms with Gasteiger partial charge in [0.1, 0.15) is 6.33 Å². The van der Waals surface area contributed by atoms with Crippen LogP contribution in [0.15, 0.2) is 24.5 Å². The molecule has 0 aliphatic rings. The van der Waals surface area contributed by atoms with Crippen LogP contribution in [0.3, 0.4) is 0 Å². The molecule has 0 saturated heterocycles. The fraction of sp³-hybridized carbons (Fsp3) is 0.467. The fourth-order valence-electron chi connectivity index (χ4n) is 2.05. The summed E-state index contributed by atoms with van der Waals surface area (Å²) in [6, 6.07) is 6.98. The Kier molecular flexibility index (Phi) is 4.32. The molecule has 1 unspecified atom stereocenters. The van der Waals surface area contributed by atoms with Crippen LogP contribution in [0.2, 0.25) is 0 Å². The van der Waals surface area contributed by atoms with Crippen LogP contribution in [-0.2, 0) is 13.5 Å².